The fourth-order valence-corrected chi connectivity index (χ4v) is 4.29. The maximum Gasteiger partial charge on any atom is 0.337 e. The highest BCUT2D eigenvalue weighted by Crippen LogP contribution is 2.50. The van der Waals surface area contributed by atoms with E-state index in [0.29, 0.717) is 30.1 Å². The number of fused-ring (bicyclic) bond motifs is 3. The van der Waals surface area contributed by atoms with Crippen molar-refractivity contribution in [3.8, 4) is 11.5 Å². The third-order valence-corrected chi connectivity index (χ3v) is 5.87. The number of methoxy groups -OCH3 is 1. The number of hydrogen-bond acceptors (Lipinski definition) is 6. The van der Waals surface area contributed by atoms with E-state index in [-0.39, 0.29) is 11.9 Å². The van der Waals surface area contributed by atoms with Crippen LogP contribution in [0.2, 0.25) is 0 Å². The molecule has 3 aromatic carbocycles. The summed E-state index contributed by atoms with van der Waals surface area (Å²) in [5, 5.41) is 6.82. The Bertz CT molecular complexity index is 1210. The summed E-state index contributed by atoms with van der Waals surface area (Å²) < 4.78 is 30.6. The van der Waals surface area contributed by atoms with E-state index < -0.39 is 12.2 Å². The van der Waals surface area contributed by atoms with Crippen LogP contribution in [0.4, 0.5) is 4.39 Å². The Hall–Kier alpha value is -3.87. The van der Waals surface area contributed by atoms with E-state index in [0.717, 1.165) is 22.4 Å². The van der Waals surface area contributed by atoms with Gasteiger partial charge in [0.1, 0.15) is 5.82 Å². The Morgan fingerprint density at radius 3 is 2.58 bits per heavy atom. The third kappa shape index (κ3) is 3.80. The number of hydrazone groups is 1. The number of para-hydroxylation sites is 1. The molecule has 0 fully saturated rings. The number of benzene rings is 3. The van der Waals surface area contributed by atoms with Gasteiger partial charge in [-0.3, -0.25) is 0 Å². The standard InChI is InChI=1S/C26H23FN2O4/c1-3-32-23-6-4-5-20-22-15-21(16-11-13-19(27)14-12-16)28-29(22)25(33-24(20)23)17-7-9-18(10-8-17)26(30)31-2/h4-14,22,25H,3,15H2,1-2H3/t22-,25-/m1/s1. The molecule has 0 saturated heterocycles. The Balaban J connectivity index is 1.57. The number of hydrogen-bond donors (Lipinski definition) is 0. The summed E-state index contributed by atoms with van der Waals surface area (Å²) in [5.41, 5.74) is 4.02. The van der Waals surface area contributed by atoms with Gasteiger partial charge in [-0.1, -0.05) is 36.4 Å². The van der Waals surface area contributed by atoms with Gasteiger partial charge in [-0.15, -0.1) is 0 Å². The molecule has 0 spiro atoms. The smallest absolute Gasteiger partial charge is 0.337 e. The highest BCUT2D eigenvalue weighted by atomic mass is 19.1. The van der Waals surface area contributed by atoms with Crippen molar-refractivity contribution in [2.75, 3.05) is 13.7 Å². The minimum absolute atomic E-state index is 0.0699. The molecule has 33 heavy (non-hydrogen) atoms. The Morgan fingerprint density at radius 1 is 1.12 bits per heavy atom. The molecular formula is C26H23FN2O4. The number of rotatable bonds is 5. The maximum atomic E-state index is 13.5. The average Bonchev–Trinajstić information content (AvgIpc) is 3.30. The van der Waals surface area contributed by atoms with Crippen molar-refractivity contribution in [3.63, 3.8) is 0 Å². The summed E-state index contributed by atoms with van der Waals surface area (Å²) in [6.45, 7) is 2.45. The van der Waals surface area contributed by atoms with Crippen LogP contribution in [-0.4, -0.2) is 30.4 Å². The molecule has 0 unspecified atom stereocenters. The Labute approximate surface area is 191 Å². The molecule has 0 aliphatic carbocycles. The van der Waals surface area contributed by atoms with Crippen LogP contribution in [0.25, 0.3) is 0 Å². The molecule has 168 valence electrons. The molecular weight excluding hydrogens is 423 g/mol. The minimum Gasteiger partial charge on any atom is -0.490 e. The van der Waals surface area contributed by atoms with Crippen molar-refractivity contribution in [1.82, 2.24) is 5.01 Å². The van der Waals surface area contributed by atoms with Gasteiger partial charge in [-0.25, -0.2) is 14.2 Å². The maximum absolute atomic E-state index is 13.5. The second kappa shape index (κ2) is 8.58. The molecule has 0 radical (unpaired) electrons. The molecule has 3 aromatic rings. The molecule has 0 N–H and O–H groups in total. The highest BCUT2D eigenvalue weighted by Gasteiger charge is 2.42. The summed E-state index contributed by atoms with van der Waals surface area (Å²) in [6, 6.07) is 19.3. The first-order valence-electron chi connectivity index (χ1n) is 10.8. The van der Waals surface area contributed by atoms with Gasteiger partial charge in [-0.05, 0) is 42.8 Å². The van der Waals surface area contributed by atoms with E-state index in [2.05, 4.69) is 0 Å². The average molecular weight is 446 g/mol. The van der Waals surface area contributed by atoms with Gasteiger partial charge >= 0.3 is 5.97 Å². The Morgan fingerprint density at radius 2 is 1.88 bits per heavy atom. The minimum atomic E-state index is -0.520. The lowest BCUT2D eigenvalue weighted by Gasteiger charge is -2.38. The third-order valence-electron chi connectivity index (χ3n) is 5.87. The van der Waals surface area contributed by atoms with Crippen molar-refractivity contribution in [1.29, 1.82) is 0 Å². The van der Waals surface area contributed by atoms with Crippen LogP contribution in [0.15, 0.2) is 71.8 Å². The van der Waals surface area contributed by atoms with Crippen molar-refractivity contribution in [2.24, 2.45) is 5.10 Å². The van der Waals surface area contributed by atoms with E-state index in [1.54, 1.807) is 24.3 Å². The SMILES string of the molecule is CCOc1cccc2c1O[C@H](c1ccc(C(=O)OC)cc1)N1N=C(c3ccc(F)cc3)C[C@H]21. The van der Waals surface area contributed by atoms with Crippen LogP contribution < -0.4 is 9.47 Å². The zero-order valence-corrected chi connectivity index (χ0v) is 18.3. The summed E-state index contributed by atoms with van der Waals surface area (Å²) in [6.07, 6.45) is 0.127. The van der Waals surface area contributed by atoms with Crippen LogP contribution in [0.5, 0.6) is 11.5 Å². The fourth-order valence-electron chi connectivity index (χ4n) is 4.29. The molecule has 2 aliphatic rings. The second-order valence-electron chi connectivity index (χ2n) is 7.84. The summed E-state index contributed by atoms with van der Waals surface area (Å²) in [7, 11) is 1.35. The molecule has 0 aromatic heterocycles. The first-order chi connectivity index (χ1) is 16.1. The van der Waals surface area contributed by atoms with E-state index in [1.165, 1.54) is 19.2 Å². The summed E-state index contributed by atoms with van der Waals surface area (Å²) in [5.74, 6) is 0.693. The zero-order valence-electron chi connectivity index (χ0n) is 18.3. The molecule has 0 amide bonds. The van der Waals surface area contributed by atoms with Crippen molar-refractivity contribution < 1.29 is 23.4 Å². The molecule has 2 heterocycles. The van der Waals surface area contributed by atoms with Gasteiger partial charge in [-0.2, -0.15) is 5.10 Å². The molecule has 6 nitrogen and oxygen atoms in total. The first kappa shape index (κ1) is 21.0. The largest absolute Gasteiger partial charge is 0.490 e. The van der Waals surface area contributed by atoms with Gasteiger partial charge < -0.3 is 14.2 Å². The monoisotopic (exact) mass is 446 g/mol. The van der Waals surface area contributed by atoms with E-state index in [9.17, 15) is 9.18 Å². The summed E-state index contributed by atoms with van der Waals surface area (Å²) >= 11 is 0. The fraction of sp³-hybridized carbons (Fsp3) is 0.231. The van der Waals surface area contributed by atoms with Crippen molar-refractivity contribution >= 4 is 11.7 Å². The lowest BCUT2D eigenvalue weighted by atomic mass is 9.95. The van der Waals surface area contributed by atoms with Gasteiger partial charge in [0.05, 0.1) is 31.0 Å². The number of halogens is 1. The topological polar surface area (TPSA) is 60.4 Å². The van der Waals surface area contributed by atoms with E-state index >= 15 is 0 Å². The number of carbonyl (C=O) groups is 1. The van der Waals surface area contributed by atoms with Crippen molar-refractivity contribution in [3.05, 3.63) is 94.8 Å². The van der Waals surface area contributed by atoms with Gasteiger partial charge in [0.2, 0.25) is 6.23 Å². The lowest BCUT2D eigenvalue weighted by Crippen LogP contribution is -2.34. The van der Waals surface area contributed by atoms with Crippen LogP contribution in [0.1, 0.15) is 52.7 Å². The highest BCUT2D eigenvalue weighted by molar-refractivity contribution is 6.02. The number of carbonyl (C=O) groups excluding carboxylic acids is 1. The van der Waals surface area contributed by atoms with E-state index in [4.69, 9.17) is 19.3 Å². The number of nitrogens with zero attached hydrogens (tertiary/aromatic N) is 2. The first-order valence-corrected chi connectivity index (χ1v) is 10.8. The molecule has 0 saturated carbocycles. The zero-order chi connectivity index (χ0) is 22.9. The van der Waals surface area contributed by atoms with Crippen LogP contribution >= 0.6 is 0 Å². The number of esters is 1. The van der Waals surface area contributed by atoms with Crippen molar-refractivity contribution in [2.45, 2.75) is 25.6 Å². The van der Waals surface area contributed by atoms with E-state index in [1.807, 2.05) is 42.3 Å². The molecule has 2 atom stereocenters. The molecule has 0 bridgehead atoms. The van der Waals surface area contributed by atoms with Gasteiger partial charge in [0.15, 0.2) is 11.5 Å². The molecule has 2 aliphatic heterocycles. The molecule has 5 rings (SSSR count). The van der Waals surface area contributed by atoms with Gasteiger partial charge in [0.25, 0.3) is 0 Å². The normalized spacial score (nSPS) is 18.6. The van der Waals surface area contributed by atoms with Crippen LogP contribution in [0, 0.1) is 5.82 Å². The summed E-state index contributed by atoms with van der Waals surface area (Å²) in [4.78, 5) is 11.9. The predicted molar refractivity (Wildman–Crippen MR) is 121 cm³/mol. The predicted octanol–water partition coefficient (Wildman–Crippen LogP) is 5.25. The Kier molecular flexibility index (Phi) is 5.46. The van der Waals surface area contributed by atoms with Crippen LogP contribution in [0.3, 0.4) is 0 Å². The second-order valence-corrected chi connectivity index (χ2v) is 7.84. The number of ether oxygens (including phenoxy) is 3. The van der Waals surface area contributed by atoms with Crippen LogP contribution in [-0.2, 0) is 4.74 Å². The van der Waals surface area contributed by atoms with Gasteiger partial charge in [0, 0.05) is 17.5 Å². The molecule has 7 heteroatoms. The quantitative estimate of drug-likeness (QED) is 0.501. The lowest BCUT2D eigenvalue weighted by molar-refractivity contribution is -0.0212.